The monoisotopic (exact) mass is 252 g/mol. The highest BCUT2D eigenvalue weighted by atomic mass is 15.1. The minimum atomic E-state index is 0.102. The number of aromatic nitrogens is 4. The van der Waals surface area contributed by atoms with Crippen LogP contribution < -0.4 is 0 Å². The molecule has 6 nitrogen and oxygen atoms in total. The van der Waals surface area contributed by atoms with Crippen LogP contribution in [0.4, 0.5) is 0 Å². The molecule has 2 rings (SSSR count). The van der Waals surface area contributed by atoms with Crippen LogP contribution >= 0.6 is 0 Å². The standard InChI is InChI=1S/C13H12N6/c1-8(2)13-17-9(3)4-12(18-13)19-7-16-10(5-14)11(19)6-15/h4,7-8H,1-3H3. The Kier molecular flexibility index (Phi) is 3.26. The Bertz CT molecular complexity index is 699. The molecule has 0 aliphatic rings. The molecular weight excluding hydrogens is 240 g/mol. The van der Waals surface area contributed by atoms with E-state index in [0.717, 1.165) is 5.69 Å². The molecule has 0 saturated heterocycles. The van der Waals surface area contributed by atoms with Crippen LogP contribution in [-0.2, 0) is 0 Å². The van der Waals surface area contributed by atoms with Gasteiger partial charge >= 0.3 is 0 Å². The van der Waals surface area contributed by atoms with Gasteiger partial charge in [-0.3, -0.25) is 4.57 Å². The van der Waals surface area contributed by atoms with Gasteiger partial charge in [0, 0.05) is 17.7 Å². The average molecular weight is 252 g/mol. The summed E-state index contributed by atoms with van der Waals surface area (Å²) in [5.74, 6) is 1.44. The predicted octanol–water partition coefficient (Wildman–Crippen LogP) is 1.84. The maximum Gasteiger partial charge on any atom is 0.177 e. The molecule has 2 aromatic rings. The van der Waals surface area contributed by atoms with Gasteiger partial charge in [0.1, 0.15) is 30.1 Å². The van der Waals surface area contributed by atoms with Crippen molar-refractivity contribution in [2.45, 2.75) is 26.7 Å². The number of aryl methyl sites for hydroxylation is 1. The molecule has 0 aliphatic carbocycles. The van der Waals surface area contributed by atoms with Crippen LogP contribution in [0.5, 0.6) is 0 Å². The predicted molar refractivity (Wildman–Crippen MR) is 67.4 cm³/mol. The first-order valence-electron chi connectivity index (χ1n) is 5.80. The summed E-state index contributed by atoms with van der Waals surface area (Å²) in [7, 11) is 0. The van der Waals surface area contributed by atoms with Crippen LogP contribution in [0.2, 0.25) is 0 Å². The van der Waals surface area contributed by atoms with Crippen molar-refractivity contribution in [3.8, 4) is 18.0 Å². The molecule has 0 spiro atoms. The number of rotatable bonds is 2. The van der Waals surface area contributed by atoms with Gasteiger partial charge in [0.05, 0.1) is 0 Å². The largest absolute Gasteiger partial charge is 0.273 e. The molecule has 0 fully saturated rings. The van der Waals surface area contributed by atoms with Crippen LogP contribution in [-0.4, -0.2) is 19.5 Å². The molecular formula is C13H12N6. The van der Waals surface area contributed by atoms with E-state index in [9.17, 15) is 0 Å². The number of imidazole rings is 1. The highest BCUT2D eigenvalue weighted by Crippen LogP contribution is 2.16. The van der Waals surface area contributed by atoms with E-state index in [-0.39, 0.29) is 17.3 Å². The Morgan fingerprint density at radius 1 is 1.21 bits per heavy atom. The number of hydrogen-bond donors (Lipinski definition) is 0. The van der Waals surface area contributed by atoms with Gasteiger partial charge in [-0.1, -0.05) is 13.8 Å². The summed E-state index contributed by atoms with van der Waals surface area (Å²) >= 11 is 0. The quantitative estimate of drug-likeness (QED) is 0.813. The molecule has 0 N–H and O–H groups in total. The maximum atomic E-state index is 9.12. The minimum absolute atomic E-state index is 0.102. The van der Waals surface area contributed by atoms with E-state index in [1.165, 1.54) is 10.9 Å². The first-order valence-corrected chi connectivity index (χ1v) is 5.80. The van der Waals surface area contributed by atoms with E-state index in [1.54, 1.807) is 6.07 Å². The smallest absolute Gasteiger partial charge is 0.177 e. The van der Waals surface area contributed by atoms with Gasteiger partial charge in [0.15, 0.2) is 11.4 Å². The third kappa shape index (κ3) is 2.29. The van der Waals surface area contributed by atoms with E-state index >= 15 is 0 Å². The van der Waals surface area contributed by atoms with Crippen molar-refractivity contribution < 1.29 is 0 Å². The summed E-state index contributed by atoms with van der Waals surface area (Å²) in [4.78, 5) is 12.7. The third-order valence-electron chi connectivity index (χ3n) is 2.60. The van der Waals surface area contributed by atoms with Crippen molar-refractivity contribution in [3.63, 3.8) is 0 Å². The Morgan fingerprint density at radius 2 is 1.95 bits per heavy atom. The average Bonchev–Trinajstić information content (AvgIpc) is 2.80. The second kappa shape index (κ2) is 4.87. The van der Waals surface area contributed by atoms with Gasteiger partial charge in [-0.25, -0.2) is 15.0 Å². The van der Waals surface area contributed by atoms with Crippen LogP contribution in [0.1, 0.15) is 42.7 Å². The molecule has 0 aliphatic heterocycles. The van der Waals surface area contributed by atoms with E-state index in [2.05, 4.69) is 15.0 Å². The first-order chi connectivity index (χ1) is 9.06. The highest BCUT2D eigenvalue weighted by molar-refractivity contribution is 5.42. The van der Waals surface area contributed by atoms with Crippen LogP contribution in [0.25, 0.3) is 5.82 Å². The lowest BCUT2D eigenvalue weighted by Gasteiger charge is -2.09. The molecule has 94 valence electrons. The molecule has 6 heteroatoms. The highest BCUT2D eigenvalue weighted by Gasteiger charge is 2.14. The minimum Gasteiger partial charge on any atom is -0.273 e. The SMILES string of the molecule is Cc1cc(-n2cnc(C#N)c2C#N)nc(C(C)C)n1. The molecule has 2 heterocycles. The number of hydrogen-bond acceptors (Lipinski definition) is 5. The topological polar surface area (TPSA) is 91.2 Å². The van der Waals surface area contributed by atoms with Gasteiger partial charge in [0.25, 0.3) is 0 Å². The molecule has 0 unspecified atom stereocenters. The van der Waals surface area contributed by atoms with Gasteiger partial charge in [-0.2, -0.15) is 10.5 Å². The second-order valence-electron chi connectivity index (χ2n) is 4.42. The maximum absolute atomic E-state index is 9.12. The van der Waals surface area contributed by atoms with Gasteiger partial charge in [0.2, 0.25) is 0 Å². The molecule has 0 atom stereocenters. The normalized spacial score (nSPS) is 10.2. The molecule has 19 heavy (non-hydrogen) atoms. The third-order valence-corrected chi connectivity index (χ3v) is 2.60. The van der Waals surface area contributed by atoms with Gasteiger partial charge in [-0.05, 0) is 6.92 Å². The summed E-state index contributed by atoms with van der Waals surface area (Å²) < 4.78 is 1.51. The van der Waals surface area contributed by atoms with E-state index in [4.69, 9.17) is 10.5 Å². The molecule has 2 aromatic heterocycles. The Balaban J connectivity index is 2.64. The fourth-order valence-corrected chi connectivity index (χ4v) is 1.67. The molecule has 0 amide bonds. The summed E-state index contributed by atoms with van der Waals surface area (Å²) in [6.45, 7) is 5.86. The molecule has 0 saturated carbocycles. The van der Waals surface area contributed by atoms with E-state index in [1.807, 2.05) is 32.9 Å². The zero-order chi connectivity index (χ0) is 14.0. The fraction of sp³-hybridized carbons (Fsp3) is 0.308. The second-order valence-corrected chi connectivity index (χ2v) is 4.42. The fourth-order valence-electron chi connectivity index (χ4n) is 1.67. The van der Waals surface area contributed by atoms with Crippen LogP contribution in [0.3, 0.4) is 0 Å². The van der Waals surface area contributed by atoms with Crippen LogP contribution in [0.15, 0.2) is 12.4 Å². The van der Waals surface area contributed by atoms with Crippen molar-refractivity contribution in [2.24, 2.45) is 0 Å². The summed E-state index contributed by atoms with van der Waals surface area (Å²) in [5, 5.41) is 18.0. The van der Waals surface area contributed by atoms with Crippen molar-refractivity contribution in [3.05, 3.63) is 35.3 Å². The van der Waals surface area contributed by atoms with Crippen LogP contribution in [0, 0.1) is 29.6 Å². The Hall–Kier alpha value is -2.73. The van der Waals surface area contributed by atoms with Crippen molar-refractivity contribution in [1.82, 2.24) is 19.5 Å². The lowest BCUT2D eigenvalue weighted by molar-refractivity contribution is 0.753. The molecule has 0 aromatic carbocycles. The Morgan fingerprint density at radius 3 is 2.53 bits per heavy atom. The van der Waals surface area contributed by atoms with Gasteiger partial charge in [-0.15, -0.1) is 0 Å². The zero-order valence-corrected chi connectivity index (χ0v) is 10.9. The zero-order valence-electron chi connectivity index (χ0n) is 10.9. The van der Waals surface area contributed by atoms with E-state index < -0.39 is 0 Å². The van der Waals surface area contributed by atoms with Gasteiger partial charge < -0.3 is 0 Å². The summed E-state index contributed by atoms with van der Waals surface area (Å²) in [6.07, 6.45) is 1.43. The van der Waals surface area contributed by atoms with E-state index in [0.29, 0.717) is 11.6 Å². The first kappa shape index (κ1) is 12.7. The number of nitriles is 2. The van der Waals surface area contributed by atoms with Crippen molar-refractivity contribution in [1.29, 1.82) is 10.5 Å². The summed E-state index contributed by atoms with van der Waals surface area (Å²) in [6, 6.07) is 5.63. The summed E-state index contributed by atoms with van der Waals surface area (Å²) in [5.41, 5.74) is 1.10. The number of nitrogens with zero attached hydrogens (tertiary/aromatic N) is 6. The molecule has 0 bridgehead atoms. The molecule has 0 radical (unpaired) electrons. The van der Waals surface area contributed by atoms with Crippen molar-refractivity contribution >= 4 is 0 Å². The van der Waals surface area contributed by atoms with Crippen molar-refractivity contribution in [2.75, 3.05) is 0 Å². The Labute approximate surface area is 111 Å². The lowest BCUT2D eigenvalue weighted by Crippen LogP contribution is -2.06. The lowest BCUT2D eigenvalue weighted by atomic mass is 10.2.